The van der Waals surface area contributed by atoms with Crippen LogP contribution >= 0.6 is 27.3 Å². The summed E-state index contributed by atoms with van der Waals surface area (Å²) < 4.78 is 26.5. The van der Waals surface area contributed by atoms with Gasteiger partial charge in [-0.25, -0.2) is 8.42 Å². The zero-order valence-electron chi connectivity index (χ0n) is 9.27. The van der Waals surface area contributed by atoms with Crippen LogP contribution in [0.1, 0.15) is 12.5 Å². The molecule has 0 fully saturated rings. The Hall–Kier alpha value is 0.0500. The van der Waals surface area contributed by atoms with Gasteiger partial charge in [0, 0.05) is 13.1 Å². The van der Waals surface area contributed by atoms with Crippen LogP contribution in [-0.2, 0) is 10.0 Å². The minimum absolute atomic E-state index is 0.193. The lowest BCUT2D eigenvalue weighted by Gasteiger charge is -2.21. The molecule has 0 bridgehead atoms. The molecule has 0 radical (unpaired) electrons. The highest BCUT2D eigenvalue weighted by molar-refractivity contribution is 9.11. The molecule has 16 heavy (non-hydrogen) atoms. The van der Waals surface area contributed by atoms with E-state index in [1.165, 1.54) is 22.7 Å². The van der Waals surface area contributed by atoms with Crippen molar-refractivity contribution in [2.45, 2.75) is 24.1 Å². The van der Waals surface area contributed by atoms with E-state index >= 15 is 0 Å². The predicted octanol–water partition coefficient (Wildman–Crippen LogP) is 1.82. The molecule has 1 N–H and O–H groups in total. The van der Waals surface area contributed by atoms with Crippen LogP contribution in [0.3, 0.4) is 0 Å². The molecule has 1 heterocycles. The maximum Gasteiger partial charge on any atom is 0.252 e. The molecule has 0 amide bonds. The summed E-state index contributed by atoms with van der Waals surface area (Å²) in [6.45, 7) is 3.31. The molecule has 7 heteroatoms. The number of halogens is 1. The van der Waals surface area contributed by atoms with Crippen molar-refractivity contribution in [1.29, 1.82) is 0 Å². The van der Waals surface area contributed by atoms with E-state index in [9.17, 15) is 8.42 Å². The molecular formula is C9H14BrNO3S2. The summed E-state index contributed by atoms with van der Waals surface area (Å²) in [6.07, 6.45) is 0. The first-order chi connectivity index (χ1) is 7.30. The Kier molecular flexibility index (Phi) is 4.53. The van der Waals surface area contributed by atoms with Crippen LogP contribution in [0.4, 0.5) is 0 Å². The van der Waals surface area contributed by atoms with Crippen LogP contribution in [-0.4, -0.2) is 37.5 Å². The minimum atomic E-state index is -3.49. The summed E-state index contributed by atoms with van der Waals surface area (Å²) in [7, 11) is -2.02. The lowest BCUT2D eigenvalue weighted by atomic mass is 10.4. The maximum atomic E-state index is 12.1. The van der Waals surface area contributed by atoms with E-state index in [2.05, 4.69) is 15.9 Å². The summed E-state index contributed by atoms with van der Waals surface area (Å²) in [4.78, 5) is 0. The van der Waals surface area contributed by atoms with Crippen LogP contribution in [0.25, 0.3) is 0 Å². The van der Waals surface area contributed by atoms with E-state index in [4.69, 9.17) is 5.11 Å². The largest absolute Gasteiger partial charge is 0.395 e. The Morgan fingerprint density at radius 2 is 2.19 bits per heavy atom. The second-order valence-electron chi connectivity index (χ2n) is 3.57. The molecule has 1 rings (SSSR count). The zero-order chi connectivity index (χ0) is 12.5. The number of aliphatic hydroxyl groups is 1. The third-order valence-corrected chi connectivity index (χ3v) is 6.91. The summed E-state index contributed by atoms with van der Waals surface area (Å²) in [6, 6.07) is 1.20. The Labute approximate surface area is 108 Å². The van der Waals surface area contributed by atoms with Gasteiger partial charge in [-0.05, 0) is 41.4 Å². The van der Waals surface area contributed by atoms with E-state index < -0.39 is 16.1 Å². The van der Waals surface area contributed by atoms with Gasteiger partial charge < -0.3 is 5.11 Å². The quantitative estimate of drug-likeness (QED) is 0.917. The first-order valence-corrected chi connectivity index (χ1v) is 7.70. The van der Waals surface area contributed by atoms with Crippen LogP contribution in [0.2, 0.25) is 0 Å². The van der Waals surface area contributed by atoms with Gasteiger partial charge in [-0.2, -0.15) is 4.31 Å². The SMILES string of the molecule is Cc1cc(S(=O)(=O)N(C)C(C)CO)sc1Br. The molecule has 4 nitrogen and oxygen atoms in total. The highest BCUT2D eigenvalue weighted by atomic mass is 79.9. The van der Waals surface area contributed by atoms with Gasteiger partial charge in [0.05, 0.1) is 10.4 Å². The molecule has 0 aromatic carbocycles. The predicted molar refractivity (Wildman–Crippen MR) is 68.3 cm³/mol. The third-order valence-electron chi connectivity index (χ3n) is 2.35. The van der Waals surface area contributed by atoms with Gasteiger partial charge in [-0.15, -0.1) is 11.3 Å². The molecule has 0 aliphatic heterocycles. The fourth-order valence-corrected chi connectivity index (χ4v) is 4.82. The van der Waals surface area contributed by atoms with Crippen molar-refractivity contribution in [2.24, 2.45) is 0 Å². The molecule has 1 aromatic heterocycles. The summed E-state index contributed by atoms with van der Waals surface area (Å²) >= 11 is 4.48. The van der Waals surface area contributed by atoms with Crippen molar-refractivity contribution in [1.82, 2.24) is 4.31 Å². The smallest absolute Gasteiger partial charge is 0.252 e. The standard InChI is InChI=1S/C9H14BrNO3S2/c1-6-4-8(15-9(6)10)16(13,14)11(3)7(2)5-12/h4,7,12H,5H2,1-3H3. The first kappa shape index (κ1) is 14.1. The van der Waals surface area contributed by atoms with E-state index in [0.717, 1.165) is 9.35 Å². The Balaban J connectivity index is 3.11. The van der Waals surface area contributed by atoms with Gasteiger partial charge in [-0.1, -0.05) is 0 Å². The lowest BCUT2D eigenvalue weighted by molar-refractivity contribution is 0.214. The molecule has 1 atom stereocenters. The highest BCUT2D eigenvalue weighted by Crippen LogP contribution is 2.32. The van der Waals surface area contributed by atoms with E-state index in [1.54, 1.807) is 13.0 Å². The minimum Gasteiger partial charge on any atom is -0.395 e. The molecule has 92 valence electrons. The number of thiophene rings is 1. The number of hydrogen-bond donors (Lipinski definition) is 1. The van der Waals surface area contributed by atoms with E-state index in [0.29, 0.717) is 4.21 Å². The third kappa shape index (κ3) is 2.65. The summed E-state index contributed by atoms with van der Waals surface area (Å²) in [5.41, 5.74) is 0.897. The van der Waals surface area contributed by atoms with Crippen molar-refractivity contribution < 1.29 is 13.5 Å². The number of sulfonamides is 1. The lowest BCUT2D eigenvalue weighted by Crippen LogP contribution is -2.36. The van der Waals surface area contributed by atoms with Gasteiger partial charge in [-0.3, -0.25) is 0 Å². The second kappa shape index (κ2) is 5.14. The first-order valence-electron chi connectivity index (χ1n) is 4.65. The number of rotatable bonds is 4. The Bertz CT molecular complexity index is 450. The van der Waals surface area contributed by atoms with Gasteiger partial charge in [0.2, 0.25) is 0 Å². The van der Waals surface area contributed by atoms with Gasteiger partial charge in [0.1, 0.15) is 4.21 Å². The maximum absolute atomic E-state index is 12.1. The van der Waals surface area contributed by atoms with Gasteiger partial charge >= 0.3 is 0 Å². The number of aliphatic hydroxyl groups excluding tert-OH is 1. The van der Waals surface area contributed by atoms with Crippen molar-refractivity contribution in [3.05, 3.63) is 15.4 Å². The number of nitrogens with zero attached hydrogens (tertiary/aromatic N) is 1. The molecule has 1 unspecified atom stereocenters. The summed E-state index contributed by atoms with van der Waals surface area (Å²) in [5.74, 6) is 0. The van der Waals surface area contributed by atoms with Crippen LogP contribution in [0, 0.1) is 6.92 Å². The normalized spacial score (nSPS) is 14.4. The number of hydrogen-bond acceptors (Lipinski definition) is 4. The molecule has 0 aliphatic rings. The van der Waals surface area contributed by atoms with Crippen LogP contribution < -0.4 is 0 Å². The topological polar surface area (TPSA) is 57.6 Å². The molecule has 0 saturated heterocycles. The number of likely N-dealkylation sites (N-methyl/N-ethyl adjacent to an activating group) is 1. The molecular weight excluding hydrogens is 314 g/mol. The highest BCUT2D eigenvalue weighted by Gasteiger charge is 2.27. The van der Waals surface area contributed by atoms with Crippen LogP contribution in [0.15, 0.2) is 14.1 Å². The van der Waals surface area contributed by atoms with E-state index in [-0.39, 0.29) is 6.61 Å². The fourth-order valence-electron chi connectivity index (χ4n) is 1.05. The zero-order valence-corrected chi connectivity index (χ0v) is 12.5. The summed E-state index contributed by atoms with van der Waals surface area (Å²) in [5, 5.41) is 8.96. The molecule has 0 saturated carbocycles. The molecule has 0 spiro atoms. The van der Waals surface area contributed by atoms with Crippen molar-refractivity contribution in [3.8, 4) is 0 Å². The van der Waals surface area contributed by atoms with Crippen molar-refractivity contribution in [2.75, 3.05) is 13.7 Å². The van der Waals surface area contributed by atoms with Gasteiger partial charge in [0.15, 0.2) is 0 Å². The number of aryl methyl sites for hydroxylation is 1. The average Bonchev–Trinajstić information content (AvgIpc) is 2.57. The van der Waals surface area contributed by atoms with Crippen molar-refractivity contribution >= 4 is 37.3 Å². The van der Waals surface area contributed by atoms with Crippen molar-refractivity contribution in [3.63, 3.8) is 0 Å². The average molecular weight is 328 g/mol. The molecule has 1 aromatic rings. The monoisotopic (exact) mass is 327 g/mol. The Morgan fingerprint density at radius 3 is 2.56 bits per heavy atom. The van der Waals surface area contributed by atoms with E-state index in [1.807, 2.05) is 6.92 Å². The van der Waals surface area contributed by atoms with Gasteiger partial charge in [0.25, 0.3) is 10.0 Å². The fraction of sp³-hybridized carbons (Fsp3) is 0.556. The van der Waals surface area contributed by atoms with Crippen LogP contribution in [0.5, 0.6) is 0 Å². The Morgan fingerprint density at radius 1 is 1.62 bits per heavy atom. The second-order valence-corrected chi connectivity index (χ2v) is 8.17. The molecule has 0 aliphatic carbocycles.